The SMILES string of the molecule is Cc1cc(C)c(/C=C2\C(=O)NC(=O)N(c3cccc(F)c3)C2=O)c(C)c1. The first kappa shape index (κ1) is 17.5. The summed E-state index contributed by atoms with van der Waals surface area (Å²) in [4.78, 5) is 37.9. The molecule has 0 bridgehead atoms. The molecular weight excluding hydrogens is 335 g/mol. The second kappa shape index (κ2) is 6.55. The Bertz CT molecular complexity index is 956. The zero-order valence-corrected chi connectivity index (χ0v) is 14.6. The smallest absolute Gasteiger partial charge is 0.273 e. The third-order valence-corrected chi connectivity index (χ3v) is 4.19. The molecule has 1 N–H and O–H groups in total. The fraction of sp³-hybridized carbons (Fsp3) is 0.150. The summed E-state index contributed by atoms with van der Waals surface area (Å²) < 4.78 is 13.5. The number of halogens is 1. The van der Waals surface area contributed by atoms with E-state index in [9.17, 15) is 18.8 Å². The van der Waals surface area contributed by atoms with E-state index < -0.39 is 23.7 Å². The zero-order valence-electron chi connectivity index (χ0n) is 14.6. The molecule has 1 aliphatic rings. The van der Waals surface area contributed by atoms with Crippen molar-refractivity contribution in [3.8, 4) is 0 Å². The van der Waals surface area contributed by atoms with Crippen molar-refractivity contribution >= 4 is 29.6 Å². The van der Waals surface area contributed by atoms with E-state index in [0.717, 1.165) is 33.2 Å². The van der Waals surface area contributed by atoms with Crippen LogP contribution < -0.4 is 10.2 Å². The molecule has 1 saturated heterocycles. The lowest BCUT2D eigenvalue weighted by Gasteiger charge is -2.26. The molecule has 3 rings (SSSR count). The highest BCUT2D eigenvalue weighted by atomic mass is 19.1. The van der Waals surface area contributed by atoms with Crippen LogP contribution in [0.25, 0.3) is 6.08 Å². The molecule has 0 saturated carbocycles. The average molecular weight is 352 g/mol. The Morgan fingerprint density at radius 1 is 1.00 bits per heavy atom. The van der Waals surface area contributed by atoms with Crippen LogP contribution in [-0.2, 0) is 9.59 Å². The standard InChI is InChI=1S/C20H17FN2O3/c1-11-7-12(2)16(13(3)8-11)10-17-18(24)22-20(26)23(19(17)25)15-6-4-5-14(21)9-15/h4-10H,1-3H3,(H,22,24,26)/b17-10+. The van der Waals surface area contributed by atoms with Gasteiger partial charge < -0.3 is 0 Å². The molecule has 0 spiro atoms. The minimum Gasteiger partial charge on any atom is -0.273 e. The quantitative estimate of drug-likeness (QED) is 0.665. The van der Waals surface area contributed by atoms with Crippen LogP contribution in [0.3, 0.4) is 0 Å². The maximum Gasteiger partial charge on any atom is 0.335 e. The van der Waals surface area contributed by atoms with Gasteiger partial charge in [0.1, 0.15) is 11.4 Å². The monoisotopic (exact) mass is 352 g/mol. The predicted molar refractivity (Wildman–Crippen MR) is 96.1 cm³/mol. The first-order valence-corrected chi connectivity index (χ1v) is 8.03. The summed E-state index contributed by atoms with van der Waals surface area (Å²) in [6, 6.07) is 8.07. The molecule has 6 heteroatoms. The fourth-order valence-electron chi connectivity index (χ4n) is 3.07. The second-order valence-corrected chi connectivity index (χ2v) is 6.25. The Balaban J connectivity index is 2.09. The van der Waals surface area contributed by atoms with Crippen LogP contribution in [0.4, 0.5) is 14.9 Å². The van der Waals surface area contributed by atoms with Gasteiger partial charge in [-0.3, -0.25) is 14.9 Å². The van der Waals surface area contributed by atoms with Gasteiger partial charge in [0.05, 0.1) is 5.69 Å². The van der Waals surface area contributed by atoms with Crippen molar-refractivity contribution < 1.29 is 18.8 Å². The largest absolute Gasteiger partial charge is 0.335 e. The number of hydrogen-bond acceptors (Lipinski definition) is 3. The Labute approximate surface area is 150 Å². The van der Waals surface area contributed by atoms with E-state index in [1.54, 1.807) is 0 Å². The second-order valence-electron chi connectivity index (χ2n) is 6.25. The number of aryl methyl sites for hydroxylation is 3. The van der Waals surface area contributed by atoms with Crippen molar-refractivity contribution in [2.75, 3.05) is 4.90 Å². The average Bonchev–Trinajstić information content (AvgIpc) is 2.53. The number of rotatable bonds is 2. The minimum atomic E-state index is -0.903. The number of amides is 4. The molecule has 0 unspecified atom stereocenters. The molecule has 26 heavy (non-hydrogen) atoms. The Morgan fingerprint density at radius 2 is 1.65 bits per heavy atom. The molecule has 0 radical (unpaired) electrons. The molecule has 0 atom stereocenters. The lowest BCUT2D eigenvalue weighted by Crippen LogP contribution is -2.54. The number of carbonyl (C=O) groups excluding carboxylic acids is 3. The van der Waals surface area contributed by atoms with Gasteiger partial charge >= 0.3 is 6.03 Å². The van der Waals surface area contributed by atoms with Gasteiger partial charge in [-0.15, -0.1) is 0 Å². The molecule has 1 aliphatic heterocycles. The number of nitrogens with one attached hydrogen (secondary N) is 1. The van der Waals surface area contributed by atoms with Crippen molar-refractivity contribution in [1.82, 2.24) is 5.32 Å². The van der Waals surface area contributed by atoms with Gasteiger partial charge in [0.15, 0.2) is 0 Å². The number of urea groups is 1. The molecular formula is C20H17FN2O3. The van der Waals surface area contributed by atoms with E-state index in [2.05, 4.69) is 5.32 Å². The van der Waals surface area contributed by atoms with E-state index in [0.29, 0.717) is 0 Å². The van der Waals surface area contributed by atoms with Crippen LogP contribution in [0.15, 0.2) is 42.0 Å². The number of nitrogens with zero attached hydrogens (tertiary/aromatic N) is 1. The Morgan fingerprint density at radius 3 is 2.27 bits per heavy atom. The van der Waals surface area contributed by atoms with Crippen molar-refractivity contribution in [1.29, 1.82) is 0 Å². The summed E-state index contributed by atoms with van der Waals surface area (Å²) >= 11 is 0. The van der Waals surface area contributed by atoms with Crippen LogP contribution in [0.1, 0.15) is 22.3 Å². The molecule has 0 aliphatic carbocycles. The third-order valence-electron chi connectivity index (χ3n) is 4.19. The highest BCUT2D eigenvalue weighted by Crippen LogP contribution is 2.25. The summed E-state index contributed by atoms with van der Waals surface area (Å²) in [5, 5.41) is 2.13. The highest BCUT2D eigenvalue weighted by Gasteiger charge is 2.37. The van der Waals surface area contributed by atoms with E-state index in [1.165, 1.54) is 24.3 Å². The molecule has 5 nitrogen and oxygen atoms in total. The molecule has 132 valence electrons. The van der Waals surface area contributed by atoms with Crippen molar-refractivity contribution in [3.05, 3.63) is 70.0 Å². The summed E-state index contributed by atoms with van der Waals surface area (Å²) in [7, 11) is 0. The van der Waals surface area contributed by atoms with E-state index in [1.807, 2.05) is 32.9 Å². The summed E-state index contributed by atoms with van der Waals surface area (Å²) in [5.74, 6) is -2.15. The summed E-state index contributed by atoms with van der Waals surface area (Å²) in [5.41, 5.74) is 3.50. The van der Waals surface area contributed by atoms with E-state index in [-0.39, 0.29) is 11.3 Å². The maximum atomic E-state index is 13.5. The zero-order chi connectivity index (χ0) is 19.0. The summed E-state index contributed by atoms with van der Waals surface area (Å²) in [6.07, 6.45) is 1.47. The van der Waals surface area contributed by atoms with E-state index in [4.69, 9.17) is 0 Å². The van der Waals surface area contributed by atoms with E-state index >= 15 is 0 Å². The van der Waals surface area contributed by atoms with Gasteiger partial charge in [-0.2, -0.15) is 0 Å². The van der Waals surface area contributed by atoms with Gasteiger partial charge in [0, 0.05) is 0 Å². The molecule has 0 aromatic heterocycles. The highest BCUT2D eigenvalue weighted by molar-refractivity contribution is 6.39. The number of anilines is 1. The fourth-order valence-corrected chi connectivity index (χ4v) is 3.07. The normalized spacial score (nSPS) is 16.2. The number of hydrogen-bond donors (Lipinski definition) is 1. The summed E-state index contributed by atoms with van der Waals surface area (Å²) in [6.45, 7) is 5.72. The van der Waals surface area contributed by atoms with Gasteiger partial charge in [-0.1, -0.05) is 23.8 Å². The van der Waals surface area contributed by atoms with Crippen molar-refractivity contribution in [2.45, 2.75) is 20.8 Å². The molecule has 2 aromatic carbocycles. The van der Waals surface area contributed by atoms with Crippen LogP contribution in [0.5, 0.6) is 0 Å². The number of carbonyl (C=O) groups is 3. The molecule has 1 fully saturated rings. The van der Waals surface area contributed by atoms with Gasteiger partial charge in [-0.25, -0.2) is 14.1 Å². The Kier molecular flexibility index (Phi) is 4.42. The van der Waals surface area contributed by atoms with Crippen LogP contribution >= 0.6 is 0 Å². The number of benzene rings is 2. The van der Waals surface area contributed by atoms with Crippen LogP contribution in [0.2, 0.25) is 0 Å². The first-order chi connectivity index (χ1) is 12.3. The molecule has 2 aromatic rings. The maximum absolute atomic E-state index is 13.5. The Hall–Kier alpha value is -3.28. The lowest BCUT2D eigenvalue weighted by molar-refractivity contribution is -0.122. The predicted octanol–water partition coefficient (Wildman–Crippen LogP) is 3.42. The first-order valence-electron chi connectivity index (χ1n) is 8.03. The topological polar surface area (TPSA) is 66.5 Å². The number of barbiturate groups is 1. The molecule has 1 heterocycles. The van der Waals surface area contributed by atoms with Crippen molar-refractivity contribution in [2.24, 2.45) is 0 Å². The molecule has 4 amide bonds. The van der Waals surface area contributed by atoms with Crippen LogP contribution in [0, 0.1) is 26.6 Å². The van der Waals surface area contributed by atoms with Gasteiger partial charge in [0.2, 0.25) is 0 Å². The lowest BCUT2D eigenvalue weighted by atomic mass is 9.97. The van der Waals surface area contributed by atoms with Crippen molar-refractivity contribution in [3.63, 3.8) is 0 Å². The van der Waals surface area contributed by atoms with Crippen LogP contribution in [-0.4, -0.2) is 17.8 Å². The minimum absolute atomic E-state index is 0.0586. The third kappa shape index (κ3) is 3.13. The van der Waals surface area contributed by atoms with Gasteiger partial charge in [0.25, 0.3) is 11.8 Å². The van der Waals surface area contributed by atoms with Gasteiger partial charge in [-0.05, 0) is 61.7 Å². The number of imide groups is 2.